The number of nitrogens with one attached hydrogen (secondary N) is 1. The van der Waals surface area contributed by atoms with Gasteiger partial charge < -0.3 is 10.2 Å². The highest BCUT2D eigenvalue weighted by atomic mass is 19.1. The molecule has 1 aromatic heterocycles. The molecule has 1 aromatic carbocycles. The number of rotatable bonds is 4. The van der Waals surface area contributed by atoms with E-state index in [4.69, 9.17) is 0 Å². The zero-order valence-electron chi connectivity index (χ0n) is 17.2. The Morgan fingerprint density at radius 2 is 1.88 bits per heavy atom. The van der Waals surface area contributed by atoms with Crippen LogP contribution in [0, 0.1) is 17.6 Å². The van der Waals surface area contributed by atoms with Gasteiger partial charge in [-0.2, -0.15) is 5.10 Å². The summed E-state index contributed by atoms with van der Waals surface area (Å²) < 4.78 is 42.4. The van der Waals surface area contributed by atoms with E-state index in [0.717, 1.165) is 23.2 Å². The lowest BCUT2D eigenvalue weighted by Crippen LogP contribution is -2.48. The van der Waals surface area contributed by atoms with E-state index in [9.17, 15) is 18.4 Å². The molecule has 1 N–H and O–H groups in total. The molecular formula is C21H21F3N6O2. The number of carbonyl (C=O) groups is 2. The van der Waals surface area contributed by atoms with E-state index in [-0.39, 0.29) is 36.6 Å². The first kappa shape index (κ1) is 21.7. The van der Waals surface area contributed by atoms with Gasteiger partial charge in [0.05, 0.1) is 18.5 Å². The average molecular weight is 446 g/mol. The minimum absolute atomic E-state index is 0.0998. The van der Waals surface area contributed by atoms with Crippen LogP contribution < -0.4 is 10.2 Å². The minimum atomic E-state index is -1.52. The average Bonchev–Trinajstić information content (AvgIpc) is 3.27. The van der Waals surface area contributed by atoms with Crippen molar-refractivity contribution in [2.75, 3.05) is 25.0 Å². The predicted molar refractivity (Wildman–Crippen MR) is 110 cm³/mol. The van der Waals surface area contributed by atoms with Gasteiger partial charge in [0.25, 0.3) is 5.91 Å². The molecule has 3 heterocycles. The Bertz CT molecular complexity index is 1050. The van der Waals surface area contributed by atoms with Gasteiger partial charge in [0.1, 0.15) is 35.6 Å². The van der Waals surface area contributed by atoms with E-state index in [1.54, 1.807) is 4.90 Å². The van der Waals surface area contributed by atoms with E-state index in [1.807, 2.05) is 0 Å². The summed E-state index contributed by atoms with van der Waals surface area (Å²) in [6.07, 6.45) is 1.67. The van der Waals surface area contributed by atoms with Gasteiger partial charge in [-0.25, -0.2) is 28.1 Å². The minimum Gasteiger partial charge on any atom is -0.354 e. The number of hydrazone groups is 1. The first-order chi connectivity index (χ1) is 15.4. The molecule has 0 unspecified atom stereocenters. The molecule has 1 saturated heterocycles. The van der Waals surface area contributed by atoms with Crippen molar-refractivity contribution in [1.29, 1.82) is 0 Å². The standard InChI is InChI=1S/C21H21F3N6O2/c1-25-20(31)17-9-19(27-11-26-17)29-5-3-15(16(24)10-29)21(32)30-18(2-4-28-30)12-6-13(22)8-14(23)7-12/h4,6-9,11,15-16,18H,2-3,5,10H2,1H3,(H,25,31)/t15-,16+,18-/m0/s1. The van der Waals surface area contributed by atoms with E-state index in [1.165, 1.54) is 25.7 Å². The van der Waals surface area contributed by atoms with Crippen molar-refractivity contribution in [3.05, 3.63) is 53.5 Å². The summed E-state index contributed by atoms with van der Waals surface area (Å²) in [5.41, 5.74) is 0.423. The van der Waals surface area contributed by atoms with Crippen molar-refractivity contribution in [3.8, 4) is 0 Å². The molecule has 0 saturated carbocycles. The van der Waals surface area contributed by atoms with Crippen molar-refractivity contribution in [2.45, 2.75) is 25.1 Å². The molecular weight excluding hydrogens is 425 g/mol. The number of halogens is 3. The maximum absolute atomic E-state index is 15.1. The van der Waals surface area contributed by atoms with Gasteiger partial charge in [-0.15, -0.1) is 0 Å². The molecule has 11 heteroatoms. The van der Waals surface area contributed by atoms with E-state index >= 15 is 4.39 Å². The summed E-state index contributed by atoms with van der Waals surface area (Å²) >= 11 is 0. The van der Waals surface area contributed by atoms with Gasteiger partial charge in [0, 0.05) is 38.4 Å². The lowest BCUT2D eigenvalue weighted by molar-refractivity contribution is -0.140. The van der Waals surface area contributed by atoms with Crippen LogP contribution in [-0.4, -0.2) is 59.3 Å². The molecule has 2 aliphatic rings. The summed E-state index contributed by atoms with van der Waals surface area (Å²) in [6.45, 7) is 0.231. The second kappa shape index (κ2) is 8.93. The van der Waals surface area contributed by atoms with Crippen molar-refractivity contribution >= 4 is 23.8 Å². The number of piperidine rings is 1. The fraction of sp³-hybridized carbons (Fsp3) is 0.381. The molecule has 0 radical (unpaired) electrons. The highest BCUT2D eigenvalue weighted by Crippen LogP contribution is 2.34. The number of hydrogen-bond donors (Lipinski definition) is 1. The molecule has 32 heavy (non-hydrogen) atoms. The fourth-order valence-corrected chi connectivity index (χ4v) is 4.00. The molecule has 168 valence electrons. The van der Waals surface area contributed by atoms with Gasteiger partial charge in [-0.1, -0.05) is 0 Å². The summed E-state index contributed by atoms with van der Waals surface area (Å²) in [5, 5.41) is 7.63. The van der Waals surface area contributed by atoms with Crippen molar-refractivity contribution in [2.24, 2.45) is 11.0 Å². The van der Waals surface area contributed by atoms with Crippen LogP contribution in [0.5, 0.6) is 0 Å². The SMILES string of the molecule is CNC(=O)c1cc(N2CC[C@H](C(=O)N3N=CC[C@H]3c3cc(F)cc(F)c3)[C@H](F)C2)ncn1. The summed E-state index contributed by atoms with van der Waals surface area (Å²) in [7, 11) is 1.48. The topological polar surface area (TPSA) is 90.8 Å². The Balaban J connectivity index is 1.47. The summed E-state index contributed by atoms with van der Waals surface area (Å²) in [6, 6.07) is 3.83. The second-order valence-electron chi connectivity index (χ2n) is 7.63. The summed E-state index contributed by atoms with van der Waals surface area (Å²) in [4.78, 5) is 34.5. The highest BCUT2D eigenvalue weighted by Gasteiger charge is 2.40. The molecule has 0 spiro atoms. The number of alkyl halides is 1. The number of hydrogen-bond acceptors (Lipinski definition) is 6. The molecule has 3 atom stereocenters. The quantitative estimate of drug-likeness (QED) is 0.778. The predicted octanol–water partition coefficient (Wildman–Crippen LogP) is 2.24. The Labute approximate surface area is 182 Å². The van der Waals surface area contributed by atoms with Crippen LogP contribution in [0.4, 0.5) is 19.0 Å². The van der Waals surface area contributed by atoms with Crippen LogP contribution in [0.2, 0.25) is 0 Å². The maximum Gasteiger partial charge on any atom is 0.269 e. The second-order valence-corrected chi connectivity index (χ2v) is 7.63. The first-order valence-corrected chi connectivity index (χ1v) is 10.1. The van der Waals surface area contributed by atoms with Crippen molar-refractivity contribution in [3.63, 3.8) is 0 Å². The van der Waals surface area contributed by atoms with E-state index in [2.05, 4.69) is 20.4 Å². The third-order valence-corrected chi connectivity index (χ3v) is 5.62. The summed E-state index contributed by atoms with van der Waals surface area (Å²) in [5.74, 6) is -2.99. The van der Waals surface area contributed by atoms with E-state index < -0.39 is 35.7 Å². The first-order valence-electron chi connectivity index (χ1n) is 10.1. The van der Waals surface area contributed by atoms with Crippen LogP contribution in [0.15, 0.2) is 35.7 Å². The number of aromatic nitrogens is 2. The highest BCUT2D eigenvalue weighted by molar-refractivity contribution is 5.92. The van der Waals surface area contributed by atoms with Gasteiger partial charge in [0.15, 0.2) is 0 Å². The number of anilines is 1. The number of nitrogens with zero attached hydrogens (tertiary/aromatic N) is 5. The van der Waals surface area contributed by atoms with Crippen LogP contribution in [0.3, 0.4) is 0 Å². The third kappa shape index (κ3) is 4.27. The smallest absolute Gasteiger partial charge is 0.269 e. The molecule has 4 rings (SSSR count). The lowest BCUT2D eigenvalue weighted by atomic mass is 9.92. The fourth-order valence-electron chi connectivity index (χ4n) is 4.00. The molecule has 2 amide bonds. The number of benzene rings is 1. The molecule has 2 aliphatic heterocycles. The molecule has 2 aromatic rings. The Morgan fingerprint density at radius 3 is 2.56 bits per heavy atom. The molecule has 0 aliphatic carbocycles. The normalized spacial score (nSPS) is 22.8. The molecule has 0 bridgehead atoms. The monoisotopic (exact) mass is 446 g/mol. The van der Waals surface area contributed by atoms with Crippen LogP contribution in [0.25, 0.3) is 0 Å². The number of carbonyl (C=O) groups excluding carboxylic acids is 2. The number of amides is 2. The Morgan fingerprint density at radius 1 is 1.12 bits per heavy atom. The Kier molecular flexibility index (Phi) is 6.06. The lowest BCUT2D eigenvalue weighted by Gasteiger charge is -2.36. The van der Waals surface area contributed by atoms with Gasteiger partial charge in [-0.05, 0) is 24.1 Å². The molecule has 1 fully saturated rings. The zero-order valence-corrected chi connectivity index (χ0v) is 17.2. The van der Waals surface area contributed by atoms with Crippen LogP contribution in [-0.2, 0) is 4.79 Å². The Hall–Kier alpha value is -3.50. The van der Waals surface area contributed by atoms with Crippen molar-refractivity contribution < 1.29 is 22.8 Å². The largest absolute Gasteiger partial charge is 0.354 e. The zero-order chi connectivity index (χ0) is 22.8. The van der Waals surface area contributed by atoms with Gasteiger partial charge >= 0.3 is 0 Å². The van der Waals surface area contributed by atoms with Crippen LogP contribution in [0.1, 0.15) is 34.9 Å². The molecule has 8 nitrogen and oxygen atoms in total. The maximum atomic E-state index is 15.1. The van der Waals surface area contributed by atoms with Crippen LogP contribution >= 0.6 is 0 Å². The third-order valence-electron chi connectivity index (χ3n) is 5.62. The van der Waals surface area contributed by atoms with E-state index in [0.29, 0.717) is 12.4 Å². The van der Waals surface area contributed by atoms with Crippen molar-refractivity contribution in [1.82, 2.24) is 20.3 Å². The van der Waals surface area contributed by atoms with Gasteiger partial charge in [-0.3, -0.25) is 9.59 Å². The van der Waals surface area contributed by atoms with Gasteiger partial charge in [0.2, 0.25) is 5.91 Å².